The first kappa shape index (κ1) is 25.8. The molecule has 0 radical (unpaired) electrons. The Morgan fingerprint density at radius 2 is 1.75 bits per heavy atom. The number of sulfonamides is 1. The van der Waals surface area contributed by atoms with Gasteiger partial charge in [-0.05, 0) is 70.6 Å². The normalized spacial score (nSPS) is 12.2. The van der Waals surface area contributed by atoms with Gasteiger partial charge in [0, 0.05) is 27.4 Å². The van der Waals surface area contributed by atoms with Crippen LogP contribution in [-0.2, 0) is 21.2 Å². The van der Waals surface area contributed by atoms with Gasteiger partial charge in [-0.1, -0.05) is 29.8 Å². The van der Waals surface area contributed by atoms with E-state index in [1.807, 2.05) is 22.6 Å². The minimum absolute atomic E-state index is 0.00377. The van der Waals surface area contributed by atoms with Crippen LogP contribution in [0.2, 0.25) is 5.02 Å². The molecule has 36 heavy (non-hydrogen) atoms. The Morgan fingerprint density at radius 3 is 2.47 bits per heavy atom. The average Bonchev–Trinajstić information content (AvgIpc) is 2.84. The van der Waals surface area contributed by atoms with Gasteiger partial charge in [0.05, 0.1) is 16.8 Å². The fraction of sp³-hybridized carbons (Fsp3) is 0.0833. The Bertz CT molecular complexity index is 1560. The highest BCUT2D eigenvalue weighted by Gasteiger charge is 2.25. The van der Waals surface area contributed by atoms with Crippen molar-refractivity contribution in [2.45, 2.75) is 17.4 Å². The molecule has 12 heteroatoms. The van der Waals surface area contributed by atoms with E-state index in [-0.39, 0.29) is 28.1 Å². The Balaban J connectivity index is 1.63. The predicted octanol–water partition coefficient (Wildman–Crippen LogP) is 4.11. The van der Waals surface area contributed by atoms with Gasteiger partial charge in [-0.2, -0.15) is 0 Å². The van der Waals surface area contributed by atoms with Gasteiger partial charge in [0.1, 0.15) is 16.5 Å². The summed E-state index contributed by atoms with van der Waals surface area (Å²) >= 11 is 7.87. The van der Waals surface area contributed by atoms with Gasteiger partial charge in [-0.25, -0.2) is 13.2 Å². The van der Waals surface area contributed by atoms with Crippen molar-refractivity contribution in [2.75, 3.05) is 4.72 Å². The zero-order valence-electron chi connectivity index (χ0n) is 18.4. The molecule has 0 saturated carbocycles. The monoisotopic (exact) mass is 636 g/mol. The summed E-state index contributed by atoms with van der Waals surface area (Å²) in [6.07, 6.45) is 2.85. The topological polar surface area (TPSA) is 138 Å². The molecule has 0 bridgehead atoms. The maximum atomic E-state index is 13.3. The summed E-state index contributed by atoms with van der Waals surface area (Å²) in [6.45, 7) is 0. The largest absolute Gasteiger partial charge is 0.480 e. The van der Waals surface area contributed by atoms with E-state index in [2.05, 4.69) is 20.0 Å². The number of amides is 1. The number of aliphatic carboxylic acids is 1. The van der Waals surface area contributed by atoms with Gasteiger partial charge in [-0.15, -0.1) is 0 Å². The van der Waals surface area contributed by atoms with Crippen molar-refractivity contribution in [3.8, 4) is 0 Å². The zero-order valence-corrected chi connectivity index (χ0v) is 22.1. The van der Waals surface area contributed by atoms with Gasteiger partial charge in [0.2, 0.25) is 0 Å². The quantitative estimate of drug-likeness (QED) is 0.248. The summed E-state index contributed by atoms with van der Waals surface area (Å²) in [5.74, 6) is -1.98. The van der Waals surface area contributed by atoms with E-state index >= 15 is 0 Å². The van der Waals surface area contributed by atoms with Crippen LogP contribution in [0.15, 0.2) is 78.0 Å². The molecule has 9 nitrogen and oxygen atoms in total. The molecule has 4 rings (SSSR count). The fourth-order valence-electron chi connectivity index (χ4n) is 3.47. The van der Waals surface area contributed by atoms with Crippen molar-refractivity contribution in [3.05, 3.63) is 92.8 Å². The molecule has 4 aromatic rings. The Labute approximate surface area is 225 Å². The van der Waals surface area contributed by atoms with E-state index in [1.54, 1.807) is 42.5 Å². The van der Waals surface area contributed by atoms with Crippen LogP contribution in [0.3, 0.4) is 0 Å². The SMILES string of the molecule is O=C(N[C@H](Cc1ccc(Cl)cc1)C(=O)O)c1ccc(I)cc1NS(=O)(=O)c1cccc2nccnc12. The van der Waals surface area contributed by atoms with E-state index in [0.717, 1.165) is 0 Å². The molecule has 0 fully saturated rings. The van der Waals surface area contributed by atoms with Crippen LogP contribution in [0.4, 0.5) is 5.69 Å². The minimum atomic E-state index is -4.17. The third kappa shape index (κ3) is 5.91. The van der Waals surface area contributed by atoms with E-state index in [9.17, 15) is 23.1 Å². The number of aromatic nitrogens is 2. The molecule has 0 aliphatic carbocycles. The second kappa shape index (κ2) is 10.8. The molecule has 0 aliphatic rings. The third-order valence-corrected chi connectivity index (χ3v) is 7.50. The predicted molar refractivity (Wildman–Crippen MR) is 144 cm³/mol. The number of hydrogen-bond acceptors (Lipinski definition) is 6. The number of rotatable bonds is 8. The van der Waals surface area contributed by atoms with Crippen LogP contribution < -0.4 is 10.0 Å². The second-order valence-corrected chi connectivity index (χ2v) is 11.0. The number of halogens is 2. The third-order valence-electron chi connectivity index (χ3n) is 5.18. The highest BCUT2D eigenvalue weighted by Crippen LogP contribution is 2.26. The van der Waals surface area contributed by atoms with Crippen molar-refractivity contribution < 1.29 is 23.1 Å². The standard InChI is InChI=1S/C24H18ClIN4O5S/c25-15-6-4-14(5-7-15)12-20(24(32)33)29-23(31)17-9-8-16(26)13-19(17)30-36(34,35)21-3-1-2-18-22(21)28-11-10-27-18/h1-11,13,20,30H,12H2,(H,29,31)(H,32,33)/t20-/m1/s1. The summed E-state index contributed by atoms with van der Waals surface area (Å²) in [6, 6.07) is 14.4. The molecule has 0 aliphatic heterocycles. The van der Waals surface area contributed by atoms with Crippen molar-refractivity contribution in [1.29, 1.82) is 0 Å². The molecule has 1 heterocycles. The molecule has 0 spiro atoms. The molecule has 3 N–H and O–H groups in total. The number of fused-ring (bicyclic) bond motifs is 1. The van der Waals surface area contributed by atoms with Gasteiger partial charge >= 0.3 is 5.97 Å². The minimum Gasteiger partial charge on any atom is -0.480 e. The number of para-hydroxylation sites is 1. The van der Waals surface area contributed by atoms with Crippen LogP contribution >= 0.6 is 34.2 Å². The number of carbonyl (C=O) groups is 2. The number of carboxylic acids is 1. The van der Waals surface area contributed by atoms with Crippen molar-refractivity contribution >= 4 is 72.8 Å². The first-order valence-electron chi connectivity index (χ1n) is 10.4. The number of carbonyl (C=O) groups excluding carboxylic acids is 1. The van der Waals surface area contributed by atoms with Crippen molar-refractivity contribution in [2.24, 2.45) is 0 Å². The highest BCUT2D eigenvalue weighted by molar-refractivity contribution is 14.1. The van der Waals surface area contributed by atoms with Crippen LogP contribution in [0.5, 0.6) is 0 Å². The van der Waals surface area contributed by atoms with Crippen LogP contribution in [-0.4, -0.2) is 41.4 Å². The van der Waals surface area contributed by atoms with Crippen LogP contribution in [0.25, 0.3) is 11.0 Å². The second-order valence-electron chi connectivity index (χ2n) is 7.67. The number of nitrogens with zero attached hydrogens (tertiary/aromatic N) is 2. The summed E-state index contributed by atoms with van der Waals surface area (Å²) in [7, 11) is -4.17. The molecule has 1 amide bonds. The lowest BCUT2D eigenvalue weighted by molar-refractivity contribution is -0.139. The Hall–Kier alpha value is -3.29. The van der Waals surface area contributed by atoms with Gasteiger partial charge in [0.25, 0.3) is 15.9 Å². The number of carboxylic acid groups (broad SMARTS) is 1. The lowest BCUT2D eigenvalue weighted by atomic mass is 10.1. The van der Waals surface area contributed by atoms with Crippen LogP contribution in [0.1, 0.15) is 15.9 Å². The number of benzene rings is 3. The van der Waals surface area contributed by atoms with E-state index in [4.69, 9.17) is 11.6 Å². The lowest BCUT2D eigenvalue weighted by Crippen LogP contribution is -2.42. The van der Waals surface area contributed by atoms with E-state index in [0.29, 0.717) is 19.7 Å². The Morgan fingerprint density at radius 1 is 1.03 bits per heavy atom. The summed E-state index contributed by atoms with van der Waals surface area (Å²) in [5, 5.41) is 12.6. The van der Waals surface area contributed by atoms with Crippen LogP contribution in [0, 0.1) is 3.57 Å². The maximum Gasteiger partial charge on any atom is 0.326 e. The molecule has 184 valence electrons. The smallest absolute Gasteiger partial charge is 0.326 e. The number of anilines is 1. The molecule has 3 aromatic carbocycles. The highest BCUT2D eigenvalue weighted by atomic mass is 127. The molecule has 1 aromatic heterocycles. The lowest BCUT2D eigenvalue weighted by Gasteiger charge is -2.17. The van der Waals surface area contributed by atoms with Gasteiger partial charge < -0.3 is 10.4 Å². The van der Waals surface area contributed by atoms with Crippen molar-refractivity contribution in [1.82, 2.24) is 15.3 Å². The number of nitrogens with one attached hydrogen (secondary N) is 2. The summed E-state index contributed by atoms with van der Waals surface area (Å²) < 4.78 is 29.7. The van der Waals surface area contributed by atoms with Gasteiger partial charge in [0.15, 0.2) is 0 Å². The van der Waals surface area contributed by atoms with E-state index in [1.165, 1.54) is 30.6 Å². The maximum absolute atomic E-state index is 13.3. The van der Waals surface area contributed by atoms with Crippen molar-refractivity contribution in [3.63, 3.8) is 0 Å². The van der Waals surface area contributed by atoms with E-state index < -0.39 is 27.9 Å². The fourth-order valence-corrected chi connectivity index (χ4v) is 5.33. The summed E-state index contributed by atoms with van der Waals surface area (Å²) in [4.78, 5) is 33.1. The van der Waals surface area contributed by atoms with Gasteiger partial charge in [-0.3, -0.25) is 19.5 Å². The first-order valence-corrected chi connectivity index (χ1v) is 13.4. The zero-order chi connectivity index (χ0) is 25.9. The number of hydrogen-bond donors (Lipinski definition) is 3. The first-order chi connectivity index (χ1) is 17.1. The molecule has 0 unspecified atom stereocenters. The molecule has 1 atom stereocenters. The Kier molecular flexibility index (Phi) is 7.71. The average molecular weight is 637 g/mol. The molecular weight excluding hydrogens is 619 g/mol. The molecular formula is C24H18ClIN4O5S. The molecule has 0 saturated heterocycles. The summed E-state index contributed by atoms with van der Waals surface area (Å²) in [5.41, 5.74) is 1.20.